The summed E-state index contributed by atoms with van der Waals surface area (Å²) < 4.78 is 65.1. The molecule has 1 heterocycles. The monoisotopic (exact) mass is 448 g/mol. The number of nitrogens with zero attached hydrogens (tertiary/aromatic N) is 1. The van der Waals surface area contributed by atoms with Crippen molar-refractivity contribution in [3.63, 3.8) is 0 Å². The molecule has 2 aromatic rings. The predicted octanol–water partition coefficient (Wildman–Crippen LogP) is 4.08. The third-order valence-corrected chi connectivity index (χ3v) is 5.64. The van der Waals surface area contributed by atoms with Gasteiger partial charge in [-0.1, -0.05) is 19.9 Å². The number of benzene rings is 1. The first-order valence-corrected chi connectivity index (χ1v) is 9.84. The van der Waals surface area contributed by atoms with Crippen LogP contribution in [0.4, 0.5) is 22.0 Å². The van der Waals surface area contributed by atoms with Crippen molar-refractivity contribution in [3.8, 4) is 0 Å². The molecule has 1 saturated carbocycles. The number of nitrogens with one attached hydrogen (secondary N) is 2. The van der Waals surface area contributed by atoms with Crippen LogP contribution in [0.15, 0.2) is 18.2 Å². The molecule has 6 nitrogen and oxygen atoms in total. The van der Waals surface area contributed by atoms with E-state index in [1.54, 1.807) is 0 Å². The number of rotatable bonds is 7. The molecule has 11 heteroatoms. The number of imidazole rings is 1. The van der Waals surface area contributed by atoms with E-state index in [0.29, 0.717) is 16.6 Å². The molecule has 3 rings (SSSR count). The van der Waals surface area contributed by atoms with Gasteiger partial charge >= 0.3 is 6.18 Å². The molecule has 0 radical (unpaired) electrons. The molecule has 1 fully saturated rings. The molecule has 0 bridgehead atoms. The lowest BCUT2D eigenvalue weighted by Gasteiger charge is -2.34. The topological polar surface area (TPSA) is 104 Å². The van der Waals surface area contributed by atoms with E-state index in [2.05, 4.69) is 15.3 Å². The highest BCUT2D eigenvalue weighted by molar-refractivity contribution is 5.78. The molecule has 1 aromatic carbocycles. The standard InChI is InChI=1S/C20H25F5N4O2/c1-18(2,20(23,24)25)9-12(26)16-27-13-4-3-11(6-14(13)28-16)17(31)29-15(30)5-10-7-19(21,22)8-10/h3-4,6,10,12,17,31H,5,7-9,26H2,1-2H3,(H,27,28)(H,29,30)/t12-,17+/m0/s1. The Morgan fingerprint density at radius 1 is 1.35 bits per heavy atom. The SMILES string of the molecule is CC(C)(C[C@H](N)c1nc2ccc([C@@H](O)NC(=O)CC3CC(F)(F)C3)cc2[nH]1)C(F)(F)F. The largest absolute Gasteiger partial charge is 0.394 e. The van der Waals surface area contributed by atoms with Crippen LogP contribution in [-0.4, -0.2) is 33.1 Å². The average molecular weight is 448 g/mol. The van der Waals surface area contributed by atoms with Crippen LogP contribution < -0.4 is 11.1 Å². The van der Waals surface area contributed by atoms with Crippen molar-refractivity contribution >= 4 is 16.9 Å². The maximum Gasteiger partial charge on any atom is 0.394 e. The third-order valence-electron chi connectivity index (χ3n) is 5.64. The van der Waals surface area contributed by atoms with Crippen LogP contribution in [0.2, 0.25) is 0 Å². The highest BCUT2D eigenvalue weighted by Gasteiger charge is 2.48. The summed E-state index contributed by atoms with van der Waals surface area (Å²) in [6.45, 7) is 2.13. The van der Waals surface area contributed by atoms with Crippen LogP contribution in [0.5, 0.6) is 0 Å². The van der Waals surface area contributed by atoms with Gasteiger partial charge in [0, 0.05) is 24.8 Å². The van der Waals surface area contributed by atoms with E-state index >= 15 is 0 Å². The molecule has 31 heavy (non-hydrogen) atoms. The number of nitrogens with two attached hydrogens (primary N) is 1. The van der Waals surface area contributed by atoms with E-state index in [4.69, 9.17) is 5.73 Å². The molecule has 1 aliphatic carbocycles. The lowest BCUT2D eigenvalue weighted by Crippen LogP contribution is -2.39. The normalized spacial score (nSPS) is 19.1. The number of aliphatic hydroxyl groups is 1. The Hall–Kier alpha value is -2.27. The minimum atomic E-state index is -4.42. The molecule has 0 spiro atoms. The number of halogens is 5. The van der Waals surface area contributed by atoms with Crippen molar-refractivity contribution < 1.29 is 31.9 Å². The number of hydrogen-bond donors (Lipinski definition) is 4. The zero-order valence-electron chi connectivity index (χ0n) is 17.1. The molecule has 0 aliphatic heterocycles. The Labute approximate surface area is 175 Å². The van der Waals surface area contributed by atoms with E-state index in [0.717, 1.165) is 13.8 Å². The van der Waals surface area contributed by atoms with Gasteiger partial charge in [0.15, 0.2) is 6.23 Å². The Morgan fingerprint density at radius 3 is 2.58 bits per heavy atom. The van der Waals surface area contributed by atoms with Gasteiger partial charge in [0.05, 0.1) is 22.5 Å². The van der Waals surface area contributed by atoms with Crippen molar-refractivity contribution in [2.24, 2.45) is 17.1 Å². The molecule has 1 aromatic heterocycles. The number of carbonyl (C=O) groups is 1. The zero-order chi connectivity index (χ0) is 23.2. The van der Waals surface area contributed by atoms with E-state index in [9.17, 15) is 31.9 Å². The lowest BCUT2D eigenvalue weighted by molar-refractivity contribution is -0.215. The molecule has 1 aliphatic rings. The van der Waals surface area contributed by atoms with Crippen molar-refractivity contribution in [3.05, 3.63) is 29.6 Å². The number of carbonyl (C=O) groups excluding carboxylic acids is 1. The lowest BCUT2D eigenvalue weighted by atomic mass is 9.79. The number of aliphatic hydroxyl groups excluding tert-OH is 1. The highest BCUT2D eigenvalue weighted by atomic mass is 19.4. The molecule has 1 amide bonds. The Kier molecular flexibility index (Phi) is 6.05. The fourth-order valence-electron chi connectivity index (χ4n) is 3.64. The number of fused-ring (bicyclic) bond motifs is 1. The van der Waals surface area contributed by atoms with E-state index in [1.165, 1.54) is 18.2 Å². The number of H-pyrrole nitrogens is 1. The van der Waals surface area contributed by atoms with Crippen molar-refractivity contribution in [1.82, 2.24) is 15.3 Å². The summed E-state index contributed by atoms with van der Waals surface area (Å²) in [5.41, 5.74) is 5.11. The van der Waals surface area contributed by atoms with Crippen molar-refractivity contribution in [2.75, 3.05) is 0 Å². The number of hydrogen-bond acceptors (Lipinski definition) is 4. The van der Waals surface area contributed by atoms with Gasteiger partial charge in [-0.15, -0.1) is 0 Å². The summed E-state index contributed by atoms with van der Waals surface area (Å²) in [7, 11) is 0. The summed E-state index contributed by atoms with van der Waals surface area (Å²) in [5, 5.41) is 12.6. The Balaban J connectivity index is 1.65. The molecular weight excluding hydrogens is 423 g/mol. The van der Waals surface area contributed by atoms with Gasteiger partial charge in [-0.05, 0) is 24.5 Å². The molecule has 5 N–H and O–H groups in total. The van der Waals surface area contributed by atoms with Gasteiger partial charge in [0.1, 0.15) is 5.82 Å². The average Bonchev–Trinajstić information content (AvgIpc) is 3.02. The summed E-state index contributed by atoms with van der Waals surface area (Å²) in [6, 6.07) is 3.54. The number of aromatic amines is 1. The Bertz CT molecular complexity index is 949. The van der Waals surface area contributed by atoms with Crippen LogP contribution in [0.1, 0.15) is 63.2 Å². The van der Waals surface area contributed by atoms with E-state index in [-0.39, 0.29) is 31.5 Å². The molecular formula is C20H25F5N4O2. The second kappa shape index (κ2) is 8.01. The Morgan fingerprint density at radius 2 is 2.00 bits per heavy atom. The minimum Gasteiger partial charge on any atom is -0.369 e. The van der Waals surface area contributed by atoms with Crippen molar-refractivity contribution in [2.45, 2.75) is 63.9 Å². The van der Waals surface area contributed by atoms with Crippen LogP contribution in [0.3, 0.4) is 0 Å². The minimum absolute atomic E-state index is 0.104. The maximum atomic E-state index is 13.1. The molecule has 2 atom stereocenters. The van der Waals surface area contributed by atoms with Gasteiger partial charge in [-0.2, -0.15) is 13.2 Å². The van der Waals surface area contributed by atoms with Gasteiger partial charge in [-0.25, -0.2) is 13.8 Å². The first kappa shape index (κ1) is 23.4. The fourth-order valence-corrected chi connectivity index (χ4v) is 3.64. The summed E-state index contributed by atoms with van der Waals surface area (Å²) in [6.07, 6.45) is -6.95. The van der Waals surface area contributed by atoms with E-state index in [1.807, 2.05) is 0 Å². The van der Waals surface area contributed by atoms with Gasteiger partial charge in [0.2, 0.25) is 11.8 Å². The molecule has 0 unspecified atom stereocenters. The predicted molar refractivity (Wildman–Crippen MR) is 103 cm³/mol. The summed E-state index contributed by atoms with van der Waals surface area (Å²) in [5.74, 6) is -3.51. The number of aromatic nitrogens is 2. The highest BCUT2D eigenvalue weighted by Crippen LogP contribution is 2.44. The number of amides is 1. The van der Waals surface area contributed by atoms with Crippen LogP contribution in [-0.2, 0) is 4.79 Å². The quantitative estimate of drug-likeness (QED) is 0.378. The second-order valence-electron chi connectivity index (χ2n) is 8.90. The van der Waals surface area contributed by atoms with Crippen LogP contribution >= 0.6 is 0 Å². The first-order valence-electron chi connectivity index (χ1n) is 9.84. The number of alkyl halides is 5. The van der Waals surface area contributed by atoms with Gasteiger partial charge < -0.3 is 21.1 Å². The maximum absolute atomic E-state index is 13.1. The third kappa shape index (κ3) is 5.32. The zero-order valence-corrected chi connectivity index (χ0v) is 17.1. The van der Waals surface area contributed by atoms with Crippen molar-refractivity contribution in [1.29, 1.82) is 0 Å². The summed E-state index contributed by atoms with van der Waals surface area (Å²) >= 11 is 0. The second-order valence-corrected chi connectivity index (χ2v) is 8.90. The van der Waals surface area contributed by atoms with Gasteiger partial charge in [-0.3, -0.25) is 4.79 Å². The van der Waals surface area contributed by atoms with Crippen LogP contribution in [0.25, 0.3) is 11.0 Å². The van der Waals surface area contributed by atoms with Crippen LogP contribution in [0, 0.1) is 11.3 Å². The van der Waals surface area contributed by atoms with Gasteiger partial charge in [0.25, 0.3) is 0 Å². The smallest absolute Gasteiger partial charge is 0.369 e. The first-order chi connectivity index (χ1) is 14.2. The van der Waals surface area contributed by atoms with E-state index < -0.39 is 41.6 Å². The molecule has 172 valence electrons. The molecule has 0 saturated heterocycles. The fraction of sp³-hybridized carbons (Fsp3) is 0.600. The summed E-state index contributed by atoms with van der Waals surface area (Å²) in [4.78, 5) is 19.1.